The maximum absolute atomic E-state index is 12.4. The van der Waals surface area contributed by atoms with Gasteiger partial charge in [-0.05, 0) is 36.9 Å². The number of benzene rings is 1. The number of thiophene rings is 1. The maximum Gasteiger partial charge on any atom is 0.236 e. The van der Waals surface area contributed by atoms with Crippen LogP contribution in [0.15, 0.2) is 30.3 Å². The summed E-state index contributed by atoms with van der Waals surface area (Å²) in [6.45, 7) is 2.75. The molecule has 0 fully saturated rings. The third kappa shape index (κ3) is 4.87. The molecule has 0 aliphatic carbocycles. The molecule has 134 valence electrons. The first-order valence-electron chi connectivity index (χ1n) is 8.06. The van der Waals surface area contributed by atoms with Gasteiger partial charge in [-0.3, -0.25) is 9.69 Å². The quantitative estimate of drug-likeness (QED) is 0.771. The second-order valence-electron chi connectivity index (χ2n) is 6.11. The largest absolute Gasteiger partial charge is 0.486 e. The molecule has 2 heterocycles. The van der Waals surface area contributed by atoms with Crippen LogP contribution >= 0.6 is 22.9 Å². The first-order chi connectivity index (χ1) is 12.0. The van der Waals surface area contributed by atoms with Crippen LogP contribution in [0.2, 0.25) is 4.34 Å². The summed E-state index contributed by atoms with van der Waals surface area (Å²) in [5.74, 6) is 1.63. The van der Waals surface area contributed by atoms with E-state index in [9.17, 15) is 4.79 Å². The van der Waals surface area contributed by atoms with E-state index < -0.39 is 0 Å². The zero-order chi connectivity index (χ0) is 17.8. The standard InChI is InChI=1S/C18H21ClN2O3S/c1-20(10-13-3-5-15-16(9-13)24-8-7-23-15)12-18(22)21(2)11-14-4-6-17(19)25-14/h3-6,9H,7-8,10-12H2,1-2H3. The number of fused-ring (bicyclic) bond motifs is 1. The van der Waals surface area contributed by atoms with Crippen molar-refractivity contribution in [1.29, 1.82) is 0 Å². The molecule has 0 atom stereocenters. The van der Waals surface area contributed by atoms with E-state index in [1.165, 1.54) is 11.3 Å². The molecule has 25 heavy (non-hydrogen) atoms. The van der Waals surface area contributed by atoms with Crippen LogP contribution in [0.5, 0.6) is 11.5 Å². The molecular weight excluding hydrogens is 360 g/mol. The van der Waals surface area contributed by atoms with E-state index in [0.717, 1.165) is 26.3 Å². The van der Waals surface area contributed by atoms with Gasteiger partial charge in [0.25, 0.3) is 0 Å². The summed E-state index contributed by atoms with van der Waals surface area (Å²) in [6, 6.07) is 9.72. The van der Waals surface area contributed by atoms with Gasteiger partial charge in [-0.25, -0.2) is 0 Å². The van der Waals surface area contributed by atoms with E-state index in [-0.39, 0.29) is 5.91 Å². The second kappa shape index (κ2) is 8.08. The Morgan fingerprint density at radius 2 is 1.88 bits per heavy atom. The zero-order valence-electron chi connectivity index (χ0n) is 14.3. The fraction of sp³-hybridized carbons (Fsp3) is 0.389. The van der Waals surface area contributed by atoms with Gasteiger partial charge >= 0.3 is 0 Å². The summed E-state index contributed by atoms with van der Waals surface area (Å²) in [6.07, 6.45) is 0. The van der Waals surface area contributed by atoms with E-state index in [4.69, 9.17) is 21.1 Å². The minimum absolute atomic E-state index is 0.0737. The van der Waals surface area contributed by atoms with Crippen molar-refractivity contribution in [3.05, 3.63) is 45.1 Å². The molecule has 0 radical (unpaired) electrons. The van der Waals surface area contributed by atoms with Crippen LogP contribution in [-0.2, 0) is 17.9 Å². The van der Waals surface area contributed by atoms with Gasteiger partial charge < -0.3 is 14.4 Å². The Hall–Kier alpha value is -1.76. The smallest absolute Gasteiger partial charge is 0.236 e. The molecule has 1 aromatic heterocycles. The van der Waals surface area contributed by atoms with Gasteiger partial charge in [0.05, 0.1) is 17.4 Å². The number of ether oxygens (including phenoxy) is 2. The number of halogens is 1. The number of hydrogen-bond donors (Lipinski definition) is 0. The van der Waals surface area contributed by atoms with Crippen LogP contribution in [-0.4, -0.2) is 49.6 Å². The Labute approximate surface area is 156 Å². The molecule has 1 aliphatic rings. The van der Waals surface area contributed by atoms with Crippen molar-refractivity contribution in [3.8, 4) is 11.5 Å². The lowest BCUT2D eigenvalue weighted by atomic mass is 10.2. The van der Waals surface area contributed by atoms with Crippen LogP contribution in [0.25, 0.3) is 0 Å². The Kier molecular flexibility index (Phi) is 5.83. The maximum atomic E-state index is 12.4. The number of likely N-dealkylation sites (N-methyl/N-ethyl adjacent to an activating group) is 2. The summed E-state index contributed by atoms with van der Waals surface area (Å²) >= 11 is 7.44. The number of carbonyl (C=O) groups is 1. The highest BCUT2D eigenvalue weighted by molar-refractivity contribution is 7.16. The SMILES string of the molecule is CN(CC(=O)N(C)Cc1ccc(Cl)s1)Cc1ccc2c(c1)OCCO2. The number of amides is 1. The van der Waals surface area contributed by atoms with Crippen molar-refractivity contribution in [1.82, 2.24) is 9.80 Å². The highest BCUT2D eigenvalue weighted by Crippen LogP contribution is 2.31. The van der Waals surface area contributed by atoms with Crippen LogP contribution in [0.3, 0.4) is 0 Å². The Balaban J connectivity index is 1.52. The summed E-state index contributed by atoms with van der Waals surface area (Å²) in [5.41, 5.74) is 1.09. The van der Waals surface area contributed by atoms with E-state index in [1.807, 2.05) is 49.3 Å². The van der Waals surface area contributed by atoms with E-state index in [0.29, 0.717) is 32.8 Å². The number of rotatable bonds is 6. The molecule has 0 saturated heterocycles. The molecule has 0 unspecified atom stereocenters. The number of hydrogen-bond acceptors (Lipinski definition) is 5. The topological polar surface area (TPSA) is 42.0 Å². The van der Waals surface area contributed by atoms with Crippen molar-refractivity contribution in [3.63, 3.8) is 0 Å². The minimum Gasteiger partial charge on any atom is -0.486 e. The fourth-order valence-electron chi connectivity index (χ4n) is 2.66. The third-order valence-electron chi connectivity index (χ3n) is 3.91. The Morgan fingerprint density at radius 3 is 2.60 bits per heavy atom. The van der Waals surface area contributed by atoms with E-state index in [1.54, 1.807) is 4.90 Å². The molecular formula is C18H21ClN2O3S. The first-order valence-corrected chi connectivity index (χ1v) is 9.26. The molecule has 2 aromatic rings. The predicted octanol–water partition coefficient (Wildman–Crippen LogP) is 3.26. The molecule has 0 N–H and O–H groups in total. The van der Waals surface area contributed by atoms with Gasteiger partial charge in [0.2, 0.25) is 5.91 Å². The minimum atomic E-state index is 0.0737. The van der Waals surface area contributed by atoms with Crippen molar-refractivity contribution < 1.29 is 14.3 Å². The Bertz CT molecular complexity index is 750. The summed E-state index contributed by atoms with van der Waals surface area (Å²) in [7, 11) is 3.75. The summed E-state index contributed by atoms with van der Waals surface area (Å²) < 4.78 is 11.9. The van der Waals surface area contributed by atoms with Gasteiger partial charge in [-0.2, -0.15) is 0 Å². The summed E-state index contributed by atoms with van der Waals surface area (Å²) in [5, 5.41) is 0. The van der Waals surface area contributed by atoms with Gasteiger partial charge in [-0.1, -0.05) is 17.7 Å². The van der Waals surface area contributed by atoms with Crippen molar-refractivity contribution >= 4 is 28.8 Å². The van der Waals surface area contributed by atoms with Gasteiger partial charge in [0.1, 0.15) is 13.2 Å². The van der Waals surface area contributed by atoms with Gasteiger partial charge in [0.15, 0.2) is 11.5 Å². The molecule has 0 spiro atoms. The lowest BCUT2D eigenvalue weighted by Gasteiger charge is -2.23. The van der Waals surface area contributed by atoms with Crippen molar-refractivity contribution in [2.24, 2.45) is 0 Å². The predicted molar refractivity (Wildman–Crippen MR) is 99.6 cm³/mol. The fourth-order valence-corrected chi connectivity index (χ4v) is 3.81. The molecule has 3 rings (SSSR count). The lowest BCUT2D eigenvalue weighted by Crippen LogP contribution is -2.35. The monoisotopic (exact) mass is 380 g/mol. The van der Waals surface area contributed by atoms with Crippen LogP contribution < -0.4 is 9.47 Å². The van der Waals surface area contributed by atoms with Gasteiger partial charge in [-0.15, -0.1) is 11.3 Å². The van der Waals surface area contributed by atoms with Crippen LogP contribution in [0.4, 0.5) is 0 Å². The number of nitrogens with zero attached hydrogens (tertiary/aromatic N) is 2. The van der Waals surface area contributed by atoms with Gasteiger partial charge in [0, 0.05) is 18.5 Å². The highest BCUT2D eigenvalue weighted by Gasteiger charge is 2.15. The average Bonchev–Trinajstić information content (AvgIpc) is 2.99. The molecule has 0 bridgehead atoms. The first kappa shape index (κ1) is 18.0. The van der Waals surface area contributed by atoms with Crippen molar-refractivity contribution in [2.75, 3.05) is 33.9 Å². The molecule has 1 aliphatic heterocycles. The molecule has 5 nitrogen and oxygen atoms in total. The van der Waals surface area contributed by atoms with Crippen LogP contribution in [0, 0.1) is 0 Å². The molecule has 7 heteroatoms. The Morgan fingerprint density at radius 1 is 1.12 bits per heavy atom. The molecule has 0 saturated carbocycles. The third-order valence-corrected chi connectivity index (χ3v) is 5.13. The zero-order valence-corrected chi connectivity index (χ0v) is 15.9. The van der Waals surface area contributed by atoms with E-state index >= 15 is 0 Å². The normalized spacial score (nSPS) is 13.1. The molecule has 1 aromatic carbocycles. The summed E-state index contributed by atoms with van der Waals surface area (Å²) in [4.78, 5) is 17.2. The lowest BCUT2D eigenvalue weighted by molar-refractivity contribution is -0.131. The number of carbonyl (C=O) groups excluding carboxylic acids is 1. The van der Waals surface area contributed by atoms with Crippen molar-refractivity contribution in [2.45, 2.75) is 13.1 Å². The van der Waals surface area contributed by atoms with Crippen LogP contribution in [0.1, 0.15) is 10.4 Å². The average molecular weight is 381 g/mol. The molecule has 1 amide bonds. The second-order valence-corrected chi connectivity index (χ2v) is 7.91. The highest BCUT2D eigenvalue weighted by atomic mass is 35.5. The van der Waals surface area contributed by atoms with E-state index in [2.05, 4.69) is 0 Å².